The molecule has 0 radical (unpaired) electrons. The van der Waals surface area contributed by atoms with E-state index in [1.165, 1.54) is 0 Å². The van der Waals surface area contributed by atoms with Gasteiger partial charge in [0.1, 0.15) is 22.9 Å². The van der Waals surface area contributed by atoms with Crippen LogP contribution in [0.4, 0.5) is 26.3 Å². The van der Waals surface area contributed by atoms with E-state index in [0.29, 0.717) is 18.1 Å². The zero-order chi connectivity index (χ0) is 23.4. The van der Waals surface area contributed by atoms with Crippen molar-refractivity contribution in [2.75, 3.05) is 0 Å². The van der Waals surface area contributed by atoms with Crippen molar-refractivity contribution in [3.8, 4) is 11.5 Å². The quantitative estimate of drug-likeness (QED) is 0.159. The topological polar surface area (TPSA) is 35.5 Å². The van der Waals surface area contributed by atoms with Crippen molar-refractivity contribution < 1.29 is 40.6 Å². The number of esters is 1. The van der Waals surface area contributed by atoms with Gasteiger partial charge in [-0.15, -0.1) is 0 Å². The second kappa shape index (κ2) is 9.93. The molecular weight excluding hydrogens is 438 g/mol. The molecule has 0 atom stereocenters. The first kappa shape index (κ1) is 23.4. The normalized spacial score (nSPS) is 11.2. The molecule has 0 aliphatic rings. The molecule has 0 spiro atoms. The molecule has 3 rings (SSSR count). The molecule has 9 heteroatoms. The monoisotopic (exact) mass is 456 g/mol. The number of benzene rings is 3. The van der Waals surface area contributed by atoms with Crippen LogP contribution in [0.3, 0.4) is 0 Å². The number of alkyl halides is 2. The highest BCUT2D eigenvalue weighted by Crippen LogP contribution is 2.33. The standard InChI is InChI=1S/C23H18F6O3/c1-2-3-4-5-12-8-16(24)19(17(25)9-12)22(30)31-14-6-7-15-13(10-14)11-18(26)21(20(15)27)32-23(28)29/h6-11,23H,2-5H2,1H3. The second-order valence-corrected chi connectivity index (χ2v) is 7.04. The maximum absolute atomic E-state index is 14.4. The lowest BCUT2D eigenvalue weighted by molar-refractivity contribution is -0.0544. The molecule has 3 aromatic rings. The van der Waals surface area contributed by atoms with Gasteiger partial charge in [-0.1, -0.05) is 19.8 Å². The van der Waals surface area contributed by atoms with Crippen LogP contribution in [-0.2, 0) is 6.42 Å². The lowest BCUT2D eigenvalue weighted by Gasteiger charge is -2.11. The van der Waals surface area contributed by atoms with Gasteiger partial charge < -0.3 is 9.47 Å². The molecule has 32 heavy (non-hydrogen) atoms. The molecule has 0 fully saturated rings. The summed E-state index contributed by atoms with van der Waals surface area (Å²) in [6.07, 6.45) is 3.03. The number of halogens is 6. The van der Waals surface area contributed by atoms with E-state index < -0.39 is 47.2 Å². The summed E-state index contributed by atoms with van der Waals surface area (Å²) in [5.74, 6) is -7.78. The first-order valence-electron chi connectivity index (χ1n) is 9.78. The van der Waals surface area contributed by atoms with Gasteiger partial charge in [0.2, 0.25) is 0 Å². The highest BCUT2D eigenvalue weighted by Gasteiger charge is 2.22. The van der Waals surface area contributed by atoms with E-state index in [4.69, 9.17) is 4.74 Å². The SMILES string of the molecule is CCCCCc1cc(F)c(C(=O)Oc2ccc3c(F)c(OC(F)F)c(F)cc3c2)c(F)c1. The fourth-order valence-electron chi connectivity index (χ4n) is 3.25. The van der Waals surface area contributed by atoms with Crippen LogP contribution in [-0.4, -0.2) is 12.6 Å². The van der Waals surface area contributed by atoms with E-state index in [1.807, 2.05) is 6.92 Å². The summed E-state index contributed by atoms with van der Waals surface area (Å²) in [5.41, 5.74) is -0.495. The molecule has 0 heterocycles. The van der Waals surface area contributed by atoms with Gasteiger partial charge in [-0.2, -0.15) is 8.78 Å². The molecular formula is C23H18F6O3. The molecule has 3 nitrogen and oxygen atoms in total. The molecule has 0 N–H and O–H groups in total. The average Bonchev–Trinajstić information content (AvgIpc) is 2.70. The van der Waals surface area contributed by atoms with Crippen molar-refractivity contribution in [2.24, 2.45) is 0 Å². The fraction of sp³-hybridized carbons (Fsp3) is 0.261. The Morgan fingerprint density at radius 2 is 1.62 bits per heavy atom. The summed E-state index contributed by atoms with van der Waals surface area (Å²) >= 11 is 0. The Morgan fingerprint density at radius 1 is 0.938 bits per heavy atom. The highest BCUT2D eigenvalue weighted by atomic mass is 19.3. The number of fused-ring (bicyclic) bond motifs is 1. The summed E-state index contributed by atoms with van der Waals surface area (Å²) in [6.45, 7) is -1.44. The summed E-state index contributed by atoms with van der Waals surface area (Å²) in [5, 5.41) is -0.422. The van der Waals surface area contributed by atoms with E-state index in [0.717, 1.165) is 49.6 Å². The van der Waals surface area contributed by atoms with Crippen molar-refractivity contribution in [3.63, 3.8) is 0 Å². The molecule has 0 aliphatic carbocycles. The van der Waals surface area contributed by atoms with Gasteiger partial charge in [0.15, 0.2) is 17.4 Å². The molecule has 0 saturated carbocycles. The third-order valence-electron chi connectivity index (χ3n) is 4.75. The Bertz CT molecular complexity index is 1120. The molecule has 0 saturated heterocycles. The van der Waals surface area contributed by atoms with Crippen molar-refractivity contribution in [1.82, 2.24) is 0 Å². The lowest BCUT2D eigenvalue weighted by Crippen LogP contribution is -2.14. The van der Waals surface area contributed by atoms with Crippen molar-refractivity contribution in [2.45, 2.75) is 39.2 Å². The van der Waals surface area contributed by atoms with Gasteiger partial charge >= 0.3 is 12.6 Å². The van der Waals surface area contributed by atoms with Crippen LogP contribution in [0.5, 0.6) is 11.5 Å². The Hall–Kier alpha value is -3.23. The molecule has 170 valence electrons. The van der Waals surface area contributed by atoms with Gasteiger partial charge in [0, 0.05) is 5.39 Å². The van der Waals surface area contributed by atoms with E-state index in [9.17, 15) is 31.1 Å². The molecule has 3 aromatic carbocycles. The summed E-state index contributed by atoms with van der Waals surface area (Å²) in [6, 6.07) is 5.97. The lowest BCUT2D eigenvalue weighted by atomic mass is 10.0. The van der Waals surface area contributed by atoms with Crippen LogP contribution in [0, 0.1) is 23.3 Å². The highest BCUT2D eigenvalue weighted by molar-refractivity contribution is 5.93. The number of rotatable bonds is 8. The first-order chi connectivity index (χ1) is 15.2. The minimum Gasteiger partial charge on any atom is -0.429 e. The van der Waals surface area contributed by atoms with Crippen molar-refractivity contribution in [3.05, 3.63) is 70.8 Å². The predicted octanol–water partition coefficient (Wildman–Crippen LogP) is 6.95. The summed E-state index contributed by atoms with van der Waals surface area (Å²) < 4.78 is 90.5. The van der Waals surface area contributed by atoms with E-state index in [2.05, 4.69) is 4.74 Å². The maximum Gasteiger partial charge on any atom is 0.387 e. The number of carbonyl (C=O) groups is 1. The minimum atomic E-state index is -3.43. The van der Waals surface area contributed by atoms with Crippen LogP contribution < -0.4 is 9.47 Å². The van der Waals surface area contributed by atoms with Crippen molar-refractivity contribution >= 4 is 16.7 Å². The molecule has 0 amide bonds. The van der Waals surface area contributed by atoms with Crippen LogP contribution in [0.25, 0.3) is 10.8 Å². The summed E-state index contributed by atoms with van der Waals surface area (Å²) in [7, 11) is 0. The Kier molecular flexibility index (Phi) is 7.27. The first-order valence-corrected chi connectivity index (χ1v) is 9.78. The molecule has 0 bridgehead atoms. The van der Waals surface area contributed by atoms with E-state index in [1.54, 1.807) is 0 Å². The zero-order valence-electron chi connectivity index (χ0n) is 16.9. The Morgan fingerprint density at radius 3 is 2.25 bits per heavy atom. The van der Waals surface area contributed by atoms with Crippen LogP contribution in [0.2, 0.25) is 0 Å². The van der Waals surface area contributed by atoms with E-state index in [-0.39, 0.29) is 16.5 Å². The zero-order valence-corrected chi connectivity index (χ0v) is 16.9. The van der Waals surface area contributed by atoms with Gasteiger partial charge in [0.05, 0.1) is 0 Å². The molecule has 0 unspecified atom stereocenters. The molecule has 0 aromatic heterocycles. The van der Waals surface area contributed by atoms with Gasteiger partial charge in [-0.3, -0.25) is 0 Å². The van der Waals surface area contributed by atoms with Gasteiger partial charge in [-0.05, 0) is 60.2 Å². The average molecular weight is 456 g/mol. The maximum atomic E-state index is 14.4. The van der Waals surface area contributed by atoms with Gasteiger partial charge in [0.25, 0.3) is 0 Å². The third kappa shape index (κ3) is 5.15. The number of ether oxygens (including phenoxy) is 2. The van der Waals surface area contributed by atoms with E-state index >= 15 is 0 Å². The number of hydrogen-bond donors (Lipinski definition) is 0. The van der Waals surface area contributed by atoms with Gasteiger partial charge in [-0.25, -0.2) is 22.4 Å². The second-order valence-electron chi connectivity index (χ2n) is 7.04. The van der Waals surface area contributed by atoms with Crippen LogP contribution in [0.1, 0.15) is 42.1 Å². The number of carbonyl (C=O) groups excluding carboxylic acids is 1. The predicted molar refractivity (Wildman–Crippen MR) is 105 cm³/mol. The fourth-order valence-corrected chi connectivity index (χ4v) is 3.25. The largest absolute Gasteiger partial charge is 0.429 e. The molecule has 0 aliphatic heterocycles. The number of hydrogen-bond acceptors (Lipinski definition) is 3. The number of unbranched alkanes of at least 4 members (excludes halogenated alkanes) is 2. The van der Waals surface area contributed by atoms with Crippen molar-refractivity contribution in [1.29, 1.82) is 0 Å². The number of aryl methyl sites for hydroxylation is 1. The smallest absolute Gasteiger partial charge is 0.387 e. The third-order valence-corrected chi connectivity index (χ3v) is 4.75. The summed E-state index contributed by atoms with van der Waals surface area (Å²) in [4.78, 5) is 12.3. The minimum absolute atomic E-state index is 0.140. The van der Waals surface area contributed by atoms with Crippen LogP contribution in [0.15, 0.2) is 36.4 Å². The Labute approximate surface area is 179 Å². The Balaban J connectivity index is 1.85. The van der Waals surface area contributed by atoms with Crippen LogP contribution >= 0.6 is 0 Å².